The van der Waals surface area contributed by atoms with Gasteiger partial charge < -0.3 is 29.2 Å². The molecule has 2 fully saturated rings. The zero-order valence-corrected chi connectivity index (χ0v) is 21.2. The Morgan fingerprint density at radius 3 is 2.73 bits per heavy atom. The molecule has 3 aliphatic rings. The van der Waals surface area contributed by atoms with Gasteiger partial charge in [0.2, 0.25) is 0 Å². The smallest absolute Gasteiger partial charge is 0.252 e. The first-order valence-electron chi connectivity index (χ1n) is 12.6. The summed E-state index contributed by atoms with van der Waals surface area (Å²) in [5.74, 6) is 1.61. The van der Waals surface area contributed by atoms with Gasteiger partial charge in [-0.3, -0.25) is 4.79 Å². The highest BCUT2D eigenvalue weighted by atomic mass is 32.1. The Morgan fingerprint density at radius 1 is 1.14 bits per heavy atom. The highest BCUT2D eigenvalue weighted by Crippen LogP contribution is 2.39. The molecule has 0 aliphatic carbocycles. The minimum absolute atomic E-state index is 0.0350. The van der Waals surface area contributed by atoms with Crippen molar-refractivity contribution in [3.63, 3.8) is 0 Å². The molecular weight excluding hydrogens is 492 g/mol. The maximum Gasteiger partial charge on any atom is 0.252 e. The lowest BCUT2D eigenvalue weighted by atomic mass is 10.1. The topological polar surface area (TPSA) is 105 Å². The van der Waals surface area contributed by atoms with Crippen LogP contribution in [0.15, 0.2) is 36.4 Å². The third-order valence-corrected chi connectivity index (χ3v) is 8.28. The monoisotopic (exact) mass is 520 g/mol. The van der Waals surface area contributed by atoms with Crippen LogP contribution in [0.1, 0.15) is 24.1 Å². The SMILES string of the molecule is O=CC1CC[C@H](C(=O)N2CC=C(c3cc4nc(-c5cccc(O)c5)nc(N5CCOCC5)c4s3)CC2)O1. The van der Waals surface area contributed by atoms with Crippen LogP contribution in [0.4, 0.5) is 5.82 Å². The number of carbonyl (C=O) groups excluding carboxylic acids is 2. The van der Waals surface area contributed by atoms with Crippen LogP contribution in [0.2, 0.25) is 0 Å². The Hall–Kier alpha value is -3.34. The maximum atomic E-state index is 12.9. The van der Waals surface area contributed by atoms with Crippen LogP contribution in [0.5, 0.6) is 5.75 Å². The largest absolute Gasteiger partial charge is 0.508 e. The van der Waals surface area contributed by atoms with E-state index in [0.29, 0.717) is 45.0 Å². The van der Waals surface area contributed by atoms with Crippen molar-refractivity contribution in [3.05, 3.63) is 41.3 Å². The zero-order valence-electron chi connectivity index (χ0n) is 20.3. The standard InChI is InChI=1S/C27H28N4O5S/c32-16-20-4-5-22(36-20)27(34)31-8-6-17(7-9-31)23-15-21-24(37-23)26(30-10-12-35-13-11-30)29-25(28-21)18-2-1-3-19(33)14-18/h1-3,6,14-16,20,22,33H,4-5,7-13H2/t20?,22-/m1/s1. The Kier molecular flexibility index (Phi) is 6.62. The number of anilines is 1. The predicted octanol–water partition coefficient (Wildman–Crippen LogP) is 3.26. The van der Waals surface area contributed by atoms with E-state index < -0.39 is 12.2 Å². The van der Waals surface area contributed by atoms with Crippen molar-refractivity contribution < 1.29 is 24.2 Å². The second-order valence-corrected chi connectivity index (χ2v) is 10.5. The van der Waals surface area contributed by atoms with Gasteiger partial charge in [-0.05, 0) is 43.0 Å². The normalized spacial score (nSPS) is 22.3. The number of hydrogen-bond donors (Lipinski definition) is 1. The average Bonchev–Trinajstić information content (AvgIpc) is 3.60. The molecule has 0 radical (unpaired) electrons. The minimum Gasteiger partial charge on any atom is -0.508 e. The fourth-order valence-electron chi connectivity index (χ4n) is 5.08. The minimum atomic E-state index is -0.517. The molecule has 3 aromatic rings. The lowest BCUT2D eigenvalue weighted by molar-refractivity contribution is -0.143. The van der Waals surface area contributed by atoms with Crippen molar-refractivity contribution in [1.82, 2.24) is 14.9 Å². The molecule has 1 amide bonds. The number of aromatic nitrogens is 2. The summed E-state index contributed by atoms with van der Waals surface area (Å²) in [5, 5.41) is 10.00. The number of phenolic OH excluding ortho intramolecular Hbond substituents is 1. The molecule has 6 rings (SSSR count). The summed E-state index contributed by atoms with van der Waals surface area (Å²) in [6.07, 6.45) is 3.84. The van der Waals surface area contributed by atoms with Gasteiger partial charge in [-0.15, -0.1) is 11.3 Å². The van der Waals surface area contributed by atoms with E-state index in [0.717, 1.165) is 52.3 Å². The van der Waals surface area contributed by atoms with Crippen LogP contribution >= 0.6 is 11.3 Å². The number of thiophene rings is 1. The van der Waals surface area contributed by atoms with Crippen molar-refractivity contribution in [1.29, 1.82) is 0 Å². The molecule has 2 atom stereocenters. The van der Waals surface area contributed by atoms with Gasteiger partial charge >= 0.3 is 0 Å². The highest BCUT2D eigenvalue weighted by molar-refractivity contribution is 7.20. The summed E-state index contributed by atoms with van der Waals surface area (Å²) < 4.78 is 12.2. The Morgan fingerprint density at radius 2 is 2.00 bits per heavy atom. The molecule has 2 saturated heterocycles. The Balaban J connectivity index is 1.29. The van der Waals surface area contributed by atoms with Gasteiger partial charge in [-0.1, -0.05) is 18.2 Å². The van der Waals surface area contributed by atoms with Crippen LogP contribution in [0.3, 0.4) is 0 Å². The Labute approximate surface area is 218 Å². The molecule has 0 spiro atoms. The number of nitrogens with zero attached hydrogens (tertiary/aromatic N) is 4. The van der Waals surface area contributed by atoms with E-state index in [9.17, 15) is 14.7 Å². The molecule has 1 unspecified atom stereocenters. The van der Waals surface area contributed by atoms with Gasteiger partial charge in [0.1, 0.15) is 24.2 Å². The molecule has 3 aliphatic heterocycles. The first-order valence-corrected chi connectivity index (χ1v) is 13.4. The van der Waals surface area contributed by atoms with E-state index in [1.165, 1.54) is 5.57 Å². The van der Waals surface area contributed by atoms with Crippen LogP contribution < -0.4 is 4.90 Å². The molecule has 0 saturated carbocycles. The van der Waals surface area contributed by atoms with E-state index in [2.05, 4.69) is 17.0 Å². The number of morpholine rings is 1. The van der Waals surface area contributed by atoms with Gasteiger partial charge in [-0.25, -0.2) is 9.97 Å². The van der Waals surface area contributed by atoms with Crippen molar-refractivity contribution in [2.45, 2.75) is 31.5 Å². The van der Waals surface area contributed by atoms with Gasteiger partial charge in [-0.2, -0.15) is 0 Å². The summed E-state index contributed by atoms with van der Waals surface area (Å²) in [7, 11) is 0. The molecule has 1 aromatic carbocycles. The van der Waals surface area contributed by atoms with Crippen LogP contribution in [0.25, 0.3) is 27.2 Å². The molecule has 5 heterocycles. The van der Waals surface area contributed by atoms with E-state index in [4.69, 9.17) is 19.4 Å². The first kappa shape index (κ1) is 24.0. The number of amides is 1. The summed E-state index contributed by atoms with van der Waals surface area (Å²) in [6.45, 7) is 3.95. The van der Waals surface area contributed by atoms with E-state index in [1.54, 1.807) is 29.5 Å². The average molecular weight is 521 g/mol. The van der Waals surface area contributed by atoms with Crippen molar-refractivity contribution >= 4 is 45.1 Å². The number of benzene rings is 1. The molecule has 0 bridgehead atoms. The summed E-state index contributed by atoms with van der Waals surface area (Å²) >= 11 is 1.68. The number of fused-ring (bicyclic) bond motifs is 1. The third kappa shape index (κ3) is 4.84. The molecule has 10 heteroatoms. The van der Waals surface area contributed by atoms with Gasteiger partial charge in [0.05, 0.1) is 23.4 Å². The number of phenols is 1. The molecular formula is C27H28N4O5S. The summed E-state index contributed by atoms with van der Waals surface area (Å²) in [6, 6.07) is 9.12. The van der Waals surface area contributed by atoms with E-state index in [1.807, 2.05) is 11.0 Å². The molecule has 192 valence electrons. The highest BCUT2D eigenvalue weighted by Gasteiger charge is 2.34. The van der Waals surface area contributed by atoms with Crippen LogP contribution in [0, 0.1) is 0 Å². The number of rotatable bonds is 5. The third-order valence-electron chi connectivity index (χ3n) is 7.09. The van der Waals surface area contributed by atoms with E-state index in [-0.39, 0.29) is 11.7 Å². The number of aldehydes is 1. The van der Waals surface area contributed by atoms with Crippen LogP contribution in [-0.2, 0) is 19.1 Å². The zero-order chi connectivity index (χ0) is 25.4. The maximum absolute atomic E-state index is 12.9. The van der Waals surface area contributed by atoms with Gasteiger partial charge in [0, 0.05) is 36.6 Å². The fourth-order valence-corrected chi connectivity index (χ4v) is 6.26. The molecule has 2 aromatic heterocycles. The summed E-state index contributed by atoms with van der Waals surface area (Å²) in [5.41, 5.74) is 2.83. The number of ether oxygens (including phenoxy) is 2. The number of carbonyl (C=O) groups is 2. The lowest BCUT2D eigenvalue weighted by Crippen LogP contribution is -2.41. The van der Waals surface area contributed by atoms with E-state index >= 15 is 0 Å². The number of hydrogen-bond acceptors (Lipinski definition) is 9. The first-order chi connectivity index (χ1) is 18.1. The molecule has 9 nitrogen and oxygen atoms in total. The molecule has 37 heavy (non-hydrogen) atoms. The summed E-state index contributed by atoms with van der Waals surface area (Å²) in [4.78, 5) is 38.8. The van der Waals surface area contributed by atoms with Crippen molar-refractivity contribution in [2.24, 2.45) is 0 Å². The van der Waals surface area contributed by atoms with Crippen LogP contribution in [-0.4, -0.2) is 83.8 Å². The quantitative estimate of drug-likeness (QED) is 0.511. The predicted molar refractivity (Wildman–Crippen MR) is 141 cm³/mol. The van der Waals surface area contributed by atoms with Gasteiger partial charge in [0.15, 0.2) is 11.6 Å². The number of aromatic hydroxyl groups is 1. The fraction of sp³-hybridized carbons (Fsp3) is 0.407. The van der Waals surface area contributed by atoms with Crippen molar-refractivity contribution in [2.75, 3.05) is 44.3 Å². The Bertz CT molecular complexity index is 1370. The van der Waals surface area contributed by atoms with Gasteiger partial charge in [0.25, 0.3) is 5.91 Å². The second-order valence-electron chi connectivity index (χ2n) is 9.49. The molecule has 1 N–H and O–H groups in total. The lowest BCUT2D eigenvalue weighted by Gasteiger charge is -2.28. The second kappa shape index (κ2) is 10.2. The van der Waals surface area contributed by atoms with Crippen molar-refractivity contribution in [3.8, 4) is 17.1 Å².